The van der Waals surface area contributed by atoms with Crippen molar-refractivity contribution in [3.05, 3.63) is 123 Å². The monoisotopic (exact) mass is 629 g/mol. The Morgan fingerprint density at radius 3 is 2.49 bits per heavy atom. The minimum Gasteiger partial charge on any atom is -0.482 e. The van der Waals surface area contributed by atoms with Crippen molar-refractivity contribution in [2.75, 3.05) is 17.2 Å². The Balaban J connectivity index is 1.11. The number of ether oxygens (including phenoxy) is 1. The van der Waals surface area contributed by atoms with Crippen LogP contribution in [-0.4, -0.2) is 29.6 Å². The molecule has 0 aliphatic heterocycles. The number of halogens is 2. The molecule has 0 saturated carbocycles. The molecule has 3 N–H and O–H groups in total. The van der Waals surface area contributed by atoms with Gasteiger partial charge in [-0.2, -0.15) is 5.10 Å². The van der Waals surface area contributed by atoms with E-state index in [0.717, 1.165) is 27.6 Å². The highest BCUT2D eigenvalue weighted by atomic mass is 35.5. The number of hydrogen-bond acceptors (Lipinski definition) is 7. The van der Waals surface area contributed by atoms with Crippen LogP contribution in [0.2, 0.25) is 10.0 Å². The van der Waals surface area contributed by atoms with Gasteiger partial charge in [-0.15, -0.1) is 11.3 Å². The second-order valence-electron chi connectivity index (χ2n) is 9.34. The highest BCUT2D eigenvalue weighted by molar-refractivity contribution is 7.14. The van der Waals surface area contributed by atoms with Crippen molar-refractivity contribution in [1.29, 1.82) is 0 Å². The van der Waals surface area contributed by atoms with Crippen LogP contribution in [0.3, 0.4) is 0 Å². The highest BCUT2D eigenvalue weighted by Crippen LogP contribution is 2.28. The van der Waals surface area contributed by atoms with Crippen molar-refractivity contribution in [1.82, 2.24) is 10.4 Å². The van der Waals surface area contributed by atoms with Crippen LogP contribution in [0.15, 0.2) is 101 Å². The predicted molar refractivity (Wildman–Crippen MR) is 174 cm³/mol. The first-order valence-electron chi connectivity index (χ1n) is 13.0. The van der Waals surface area contributed by atoms with Gasteiger partial charge in [0.2, 0.25) is 0 Å². The van der Waals surface area contributed by atoms with Gasteiger partial charge in [0.05, 0.1) is 16.9 Å². The molecule has 2 amide bonds. The molecule has 216 valence electrons. The molecule has 0 fully saturated rings. The molecule has 5 rings (SSSR count). The van der Waals surface area contributed by atoms with E-state index >= 15 is 0 Å². The minimum atomic E-state index is -0.364. The molecule has 11 heteroatoms. The summed E-state index contributed by atoms with van der Waals surface area (Å²) in [5, 5.41) is 13.7. The normalized spacial score (nSPS) is 10.9. The van der Waals surface area contributed by atoms with Crippen molar-refractivity contribution < 1.29 is 14.3 Å². The van der Waals surface area contributed by atoms with E-state index in [-0.39, 0.29) is 18.4 Å². The molecule has 0 atom stereocenters. The zero-order chi connectivity index (χ0) is 30.2. The van der Waals surface area contributed by atoms with E-state index < -0.39 is 0 Å². The van der Waals surface area contributed by atoms with Crippen molar-refractivity contribution >= 4 is 69.1 Å². The number of anilines is 3. The van der Waals surface area contributed by atoms with Gasteiger partial charge in [-0.05, 0) is 84.8 Å². The van der Waals surface area contributed by atoms with E-state index in [1.54, 1.807) is 36.4 Å². The number of benzene rings is 4. The van der Waals surface area contributed by atoms with Gasteiger partial charge < -0.3 is 15.4 Å². The van der Waals surface area contributed by atoms with Crippen LogP contribution in [0.25, 0.3) is 11.3 Å². The summed E-state index contributed by atoms with van der Waals surface area (Å²) >= 11 is 13.7. The number of thiazole rings is 1. The van der Waals surface area contributed by atoms with E-state index in [2.05, 4.69) is 26.1 Å². The van der Waals surface area contributed by atoms with E-state index in [1.165, 1.54) is 17.6 Å². The summed E-state index contributed by atoms with van der Waals surface area (Å²) in [6, 6.07) is 26.9. The lowest BCUT2D eigenvalue weighted by Gasteiger charge is -2.09. The summed E-state index contributed by atoms with van der Waals surface area (Å²) < 4.78 is 5.56. The standard InChI is InChI=1S/C32H25Cl2N5O3S/c1-20-3-2-4-26(15-20)36-30(40)18-42-29-14-5-21(16-27(29)34)17-35-39-31(41)23-8-6-22(7-9-23)28-19-43-32(38-28)37-25-12-10-24(33)11-13-25/h2-17,19H,18H2,1H3,(H,36,40)(H,37,38)(H,39,41)/b35-17-. The molecular formula is C32H25Cl2N5O3S. The van der Waals surface area contributed by atoms with Gasteiger partial charge in [0, 0.05) is 32.9 Å². The number of aromatic nitrogens is 1. The van der Waals surface area contributed by atoms with Gasteiger partial charge in [0.1, 0.15) is 5.75 Å². The number of carbonyl (C=O) groups is 2. The molecule has 43 heavy (non-hydrogen) atoms. The lowest BCUT2D eigenvalue weighted by atomic mass is 10.1. The molecule has 1 heterocycles. The van der Waals surface area contributed by atoms with Gasteiger partial charge in [-0.1, -0.05) is 47.5 Å². The van der Waals surface area contributed by atoms with Gasteiger partial charge in [-0.3, -0.25) is 9.59 Å². The first kappa shape index (κ1) is 29.8. The van der Waals surface area contributed by atoms with Crippen molar-refractivity contribution in [3.8, 4) is 17.0 Å². The Hall–Kier alpha value is -4.70. The molecule has 1 aromatic heterocycles. The molecular weight excluding hydrogens is 605 g/mol. The Kier molecular flexibility index (Phi) is 9.68. The maximum Gasteiger partial charge on any atom is 0.271 e. The zero-order valence-electron chi connectivity index (χ0n) is 22.8. The Morgan fingerprint density at radius 2 is 1.74 bits per heavy atom. The van der Waals surface area contributed by atoms with Gasteiger partial charge >= 0.3 is 0 Å². The van der Waals surface area contributed by atoms with Crippen LogP contribution in [-0.2, 0) is 4.79 Å². The highest BCUT2D eigenvalue weighted by Gasteiger charge is 2.10. The van der Waals surface area contributed by atoms with Crippen LogP contribution >= 0.6 is 34.5 Å². The van der Waals surface area contributed by atoms with Crippen molar-refractivity contribution in [2.24, 2.45) is 5.10 Å². The molecule has 5 aromatic rings. The zero-order valence-corrected chi connectivity index (χ0v) is 25.1. The molecule has 0 aliphatic rings. The summed E-state index contributed by atoms with van der Waals surface area (Å²) in [5.41, 5.74) is 7.90. The third-order valence-electron chi connectivity index (χ3n) is 6.04. The Bertz CT molecular complexity index is 1770. The number of hydrazone groups is 1. The number of rotatable bonds is 10. The first-order valence-corrected chi connectivity index (χ1v) is 14.7. The maximum absolute atomic E-state index is 12.6. The first-order chi connectivity index (χ1) is 20.8. The number of nitrogens with zero attached hydrogens (tertiary/aromatic N) is 2. The minimum absolute atomic E-state index is 0.195. The summed E-state index contributed by atoms with van der Waals surface area (Å²) in [4.78, 5) is 29.4. The van der Waals surface area contributed by atoms with Crippen LogP contribution < -0.4 is 20.8 Å². The lowest BCUT2D eigenvalue weighted by molar-refractivity contribution is -0.118. The van der Waals surface area contributed by atoms with Crippen LogP contribution in [0.1, 0.15) is 21.5 Å². The van der Waals surface area contributed by atoms with Crippen molar-refractivity contribution in [3.63, 3.8) is 0 Å². The molecule has 0 spiro atoms. The molecule has 0 radical (unpaired) electrons. The summed E-state index contributed by atoms with van der Waals surface area (Å²) in [6.07, 6.45) is 1.47. The topological polar surface area (TPSA) is 105 Å². The predicted octanol–water partition coefficient (Wildman–Crippen LogP) is 7.95. The second-order valence-corrected chi connectivity index (χ2v) is 11.0. The fourth-order valence-corrected chi connectivity index (χ4v) is 5.03. The number of amides is 2. The summed E-state index contributed by atoms with van der Waals surface area (Å²) in [6.45, 7) is 1.75. The molecule has 0 saturated heterocycles. The molecule has 0 bridgehead atoms. The largest absolute Gasteiger partial charge is 0.482 e. The fourth-order valence-electron chi connectivity index (χ4n) is 3.92. The van der Waals surface area contributed by atoms with Gasteiger partial charge in [0.25, 0.3) is 11.8 Å². The second kappa shape index (κ2) is 14.0. The average molecular weight is 631 g/mol. The Labute approximate surface area is 262 Å². The fraction of sp³-hybridized carbons (Fsp3) is 0.0625. The van der Waals surface area contributed by atoms with Gasteiger partial charge in [-0.25, -0.2) is 10.4 Å². The SMILES string of the molecule is Cc1cccc(NC(=O)COc2ccc(/C=N\NC(=O)c3ccc(-c4csc(Nc5ccc(Cl)cc5)n4)cc3)cc2Cl)c1. The van der Waals surface area contributed by atoms with E-state index in [9.17, 15) is 9.59 Å². The molecule has 0 unspecified atom stereocenters. The molecule has 8 nitrogen and oxygen atoms in total. The van der Waals surface area contributed by atoms with E-state index in [0.29, 0.717) is 32.6 Å². The number of hydrogen-bond donors (Lipinski definition) is 3. The van der Waals surface area contributed by atoms with Crippen LogP contribution in [0.4, 0.5) is 16.5 Å². The van der Waals surface area contributed by atoms with Crippen molar-refractivity contribution in [2.45, 2.75) is 6.92 Å². The van der Waals surface area contributed by atoms with Crippen LogP contribution in [0, 0.1) is 6.92 Å². The van der Waals surface area contributed by atoms with E-state index in [1.807, 2.05) is 66.9 Å². The lowest BCUT2D eigenvalue weighted by Crippen LogP contribution is -2.20. The third kappa shape index (κ3) is 8.42. The third-order valence-corrected chi connectivity index (χ3v) is 7.34. The van der Waals surface area contributed by atoms with E-state index in [4.69, 9.17) is 27.9 Å². The maximum atomic E-state index is 12.6. The summed E-state index contributed by atoms with van der Waals surface area (Å²) in [7, 11) is 0. The number of aryl methyl sites for hydroxylation is 1. The molecule has 0 aliphatic carbocycles. The Morgan fingerprint density at radius 1 is 0.953 bits per heavy atom. The van der Waals surface area contributed by atoms with Crippen LogP contribution in [0.5, 0.6) is 5.75 Å². The van der Waals surface area contributed by atoms with Gasteiger partial charge in [0.15, 0.2) is 11.7 Å². The molecule has 4 aromatic carbocycles. The average Bonchev–Trinajstić information content (AvgIpc) is 3.46. The summed E-state index contributed by atoms with van der Waals surface area (Å²) in [5.74, 6) is -0.308. The number of nitrogens with one attached hydrogen (secondary N) is 3. The smallest absolute Gasteiger partial charge is 0.271 e. The number of carbonyl (C=O) groups excluding carboxylic acids is 2. The quantitative estimate of drug-likeness (QED) is 0.107.